The molecule has 1 saturated heterocycles. The molecule has 3 rings (SSSR count). The van der Waals surface area contributed by atoms with Gasteiger partial charge in [-0.1, -0.05) is 0 Å². The molecule has 0 bridgehead atoms. The van der Waals surface area contributed by atoms with Crippen molar-refractivity contribution in [1.82, 2.24) is 10.2 Å². The van der Waals surface area contributed by atoms with Crippen molar-refractivity contribution in [2.24, 2.45) is 0 Å². The zero-order chi connectivity index (χ0) is 17.3. The number of hydrogen-bond acceptors (Lipinski definition) is 5. The minimum atomic E-state index is -0.711. The van der Waals surface area contributed by atoms with Crippen LogP contribution in [0.3, 0.4) is 0 Å². The molecule has 2 aliphatic heterocycles. The van der Waals surface area contributed by atoms with E-state index in [0.29, 0.717) is 30.3 Å². The molecular formula is C16H21N3O5. The number of carbonyl (C=O) groups is 2. The number of urea groups is 1. The van der Waals surface area contributed by atoms with E-state index in [0.717, 1.165) is 0 Å². The van der Waals surface area contributed by atoms with Crippen molar-refractivity contribution in [3.8, 4) is 11.5 Å². The minimum Gasteiger partial charge on any atom is -0.454 e. The van der Waals surface area contributed by atoms with Crippen LogP contribution >= 0.6 is 0 Å². The van der Waals surface area contributed by atoms with Crippen molar-refractivity contribution in [3.63, 3.8) is 0 Å². The molecule has 1 aromatic rings. The van der Waals surface area contributed by atoms with Gasteiger partial charge in [0, 0.05) is 24.8 Å². The third-order valence-corrected chi connectivity index (χ3v) is 3.97. The van der Waals surface area contributed by atoms with Crippen LogP contribution in [-0.2, 0) is 4.79 Å². The molecule has 1 aromatic carbocycles. The van der Waals surface area contributed by atoms with Gasteiger partial charge in [-0.25, -0.2) is 4.79 Å². The molecule has 0 atom stereocenters. The highest BCUT2D eigenvalue weighted by atomic mass is 16.7. The van der Waals surface area contributed by atoms with Gasteiger partial charge in [0.25, 0.3) is 0 Å². The number of benzene rings is 1. The molecular weight excluding hydrogens is 314 g/mol. The van der Waals surface area contributed by atoms with Gasteiger partial charge >= 0.3 is 6.03 Å². The van der Waals surface area contributed by atoms with Gasteiger partial charge in [0.1, 0.15) is 6.54 Å². The van der Waals surface area contributed by atoms with Gasteiger partial charge in [0.2, 0.25) is 12.7 Å². The number of ether oxygens (including phenoxy) is 2. The van der Waals surface area contributed by atoms with Crippen LogP contribution in [0.5, 0.6) is 11.5 Å². The summed E-state index contributed by atoms with van der Waals surface area (Å²) in [4.78, 5) is 27.7. The van der Waals surface area contributed by atoms with E-state index in [9.17, 15) is 14.7 Å². The number of nitrogens with one attached hydrogen (secondary N) is 1. The van der Waals surface area contributed by atoms with Crippen molar-refractivity contribution in [2.45, 2.75) is 19.4 Å². The smallest absolute Gasteiger partial charge is 0.325 e. The molecule has 8 heteroatoms. The molecule has 24 heavy (non-hydrogen) atoms. The summed E-state index contributed by atoms with van der Waals surface area (Å²) in [7, 11) is 0. The average Bonchev–Trinajstić information content (AvgIpc) is 3.13. The summed E-state index contributed by atoms with van der Waals surface area (Å²) in [6, 6.07) is 5.10. The Balaban J connectivity index is 1.64. The lowest BCUT2D eigenvalue weighted by molar-refractivity contribution is -0.123. The molecule has 2 heterocycles. The van der Waals surface area contributed by atoms with Crippen molar-refractivity contribution >= 4 is 17.6 Å². The molecule has 130 valence electrons. The minimum absolute atomic E-state index is 0.0384. The van der Waals surface area contributed by atoms with Gasteiger partial charge in [-0.2, -0.15) is 0 Å². The van der Waals surface area contributed by atoms with E-state index in [2.05, 4.69) is 5.32 Å². The first-order chi connectivity index (χ1) is 11.4. The molecule has 0 aromatic heterocycles. The Morgan fingerprint density at radius 2 is 2.04 bits per heavy atom. The van der Waals surface area contributed by atoms with E-state index in [4.69, 9.17) is 9.47 Å². The number of fused-ring (bicyclic) bond motifs is 1. The zero-order valence-electron chi connectivity index (χ0n) is 13.7. The fraction of sp³-hybridized carbons (Fsp3) is 0.500. The maximum absolute atomic E-state index is 12.5. The quantitative estimate of drug-likeness (QED) is 0.820. The Morgan fingerprint density at radius 3 is 2.79 bits per heavy atom. The first-order valence-electron chi connectivity index (χ1n) is 7.77. The van der Waals surface area contributed by atoms with Crippen LogP contribution in [0.15, 0.2) is 18.2 Å². The summed E-state index contributed by atoms with van der Waals surface area (Å²) in [5.41, 5.74) is -0.000474. The summed E-state index contributed by atoms with van der Waals surface area (Å²) in [6.45, 7) is 4.36. The molecule has 3 amide bonds. The second kappa shape index (κ2) is 6.20. The summed E-state index contributed by atoms with van der Waals surface area (Å²) in [6.07, 6.45) is 0. The van der Waals surface area contributed by atoms with Crippen molar-refractivity contribution in [1.29, 1.82) is 0 Å². The highest BCUT2D eigenvalue weighted by molar-refractivity contribution is 5.96. The average molecular weight is 335 g/mol. The predicted molar refractivity (Wildman–Crippen MR) is 86.2 cm³/mol. The summed E-state index contributed by atoms with van der Waals surface area (Å²) in [5.74, 6) is 0.976. The topological polar surface area (TPSA) is 91.3 Å². The standard InChI is InChI=1S/C16H21N3O5/c1-16(2,9-20)17-14(21)8-18-5-6-19(15(18)22)11-3-4-12-13(7-11)24-10-23-12/h3-4,7,20H,5-6,8-10H2,1-2H3,(H,17,21). The number of anilines is 1. The van der Waals surface area contributed by atoms with Crippen LogP contribution in [0, 0.1) is 0 Å². The maximum atomic E-state index is 12.5. The van der Waals surface area contributed by atoms with Gasteiger partial charge in [-0.15, -0.1) is 0 Å². The molecule has 2 aliphatic rings. The third kappa shape index (κ3) is 3.23. The number of nitrogens with zero attached hydrogens (tertiary/aromatic N) is 2. The van der Waals surface area contributed by atoms with Gasteiger partial charge in [-0.3, -0.25) is 9.69 Å². The highest BCUT2D eigenvalue weighted by Gasteiger charge is 2.32. The molecule has 0 unspecified atom stereocenters. The largest absolute Gasteiger partial charge is 0.454 e. The Hall–Kier alpha value is -2.48. The Labute approximate surface area is 139 Å². The molecule has 1 fully saturated rings. The van der Waals surface area contributed by atoms with E-state index >= 15 is 0 Å². The molecule has 0 aliphatic carbocycles. The molecule has 0 spiro atoms. The van der Waals surface area contributed by atoms with E-state index in [1.54, 1.807) is 36.9 Å². The summed E-state index contributed by atoms with van der Waals surface area (Å²) >= 11 is 0. The Morgan fingerprint density at radius 1 is 1.29 bits per heavy atom. The summed E-state index contributed by atoms with van der Waals surface area (Å²) in [5, 5.41) is 11.9. The molecule has 8 nitrogen and oxygen atoms in total. The first-order valence-corrected chi connectivity index (χ1v) is 7.77. The van der Waals surface area contributed by atoms with Crippen LogP contribution in [0.1, 0.15) is 13.8 Å². The van der Waals surface area contributed by atoms with Crippen LogP contribution in [0.2, 0.25) is 0 Å². The third-order valence-electron chi connectivity index (χ3n) is 3.97. The number of aliphatic hydroxyl groups is 1. The fourth-order valence-electron chi connectivity index (χ4n) is 2.65. The number of carbonyl (C=O) groups excluding carboxylic acids is 2. The predicted octanol–water partition coefficient (Wildman–Crippen LogP) is 0.544. The Kier molecular flexibility index (Phi) is 4.23. The van der Waals surface area contributed by atoms with Crippen molar-refractivity contribution in [3.05, 3.63) is 18.2 Å². The molecule has 0 saturated carbocycles. The summed E-state index contributed by atoms with van der Waals surface area (Å²) < 4.78 is 10.6. The lowest BCUT2D eigenvalue weighted by Gasteiger charge is -2.25. The molecule has 0 radical (unpaired) electrons. The zero-order valence-corrected chi connectivity index (χ0v) is 13.7. The fourth-order valence-corrected chi connectivity index (χ4v) is 2.65. The van der Waals surface area contributed by atoms with E-state index in [1.807, 2.05) is 0 Å². The van der Waals surface area contributed by atoms with E-state index in [1.165, 1.54) is 4.90 Å². The van der Waals surface area contributed by atoms with E-state index in [-0.39, 0.29) is 31.9 Å². The monoisotopic (exact) mass is 335 g/mol. The van der Waals surface area contributed by atoms with Gasteiger partial charge < -0.3 is 24.8 Å². The maximum Gasteiger partial charge on any atom is 0.325 e. The van der Waals surface area contributed by atoms with Crippen LogP contribution in [0.4, 0.5) is 10.5 Å². The van der Waals surface area contributed by atoms with Crippen LogP contribution in [-0.4, -0.2) is 60.5 Å². The van der Waals surface area contributed by atoms with Gasteiger partial charge in [-0.05, 0) is 26.0 Å². The van der Waals surface area contributed by atoms with Crippen LogP contribution < -0.4 is 19.7 Å². The van der Waals surface area contributed by atoms with Crippen LogP contribution in [0.25, 0.3) is 0 Å². The number of aliphatic hydroxyl groups excluding tert-OH is 1. The van der Waals surface area contributed by atoms with Gasteiger partial charge in [0.05, 0.1) is 12.1 Å². The number of amides is 3. The number of hydrogen-bond donors (Lipinski definition) is 2. The lowest BCUT2D eigenvalue weighted by Crippen LogP contribution is -2.50. The van der Waals surface area contributed by atoms with Crippen molar-refractivity contribution < 1.29 is 24.2 Å². The first kappa shape index (κ1) is 16.4. The second-order valence-electron chi connectivity index (χ2n) is 6.48. The number of rotatable bonds is 5. The SMILES string of the molecule is CC(C)(CO)NC(=O)CN1CCN(c2ccc3c(c2)OCO3)C1=O. The molecule has 2 N–H and O–H groups in total. The highest BCUT2D eigenvalue weighted by Crippen LogP contribution is 2.36. The lowest BCUT2D eigenvalue weighted by atomic mass is 10.1. The van der Waals surface area contributed by atoms with E-state index < -0.39 is 5.54 Å². The van der Waals surface area contributed by atoms with Gasteiger partial charge in [0.15, 0.2) is 11.5 Å². The second-order valence-corrected chi connectivity index (χ2v) is 6.48. The Bertz CT molecular complexity index is 661. The van der Waals surface area contributed by atoms with Crippen molar-refractivity contribution in [2.75, 3.05) is 37.9 Å². The normalized spacial score (nSPS) is 16.7.